The molecule has 2 aromatic carbocycles. The smallest absolute Gasteiger partial charge is 0.126 e. The van der Waals surface area contributed by atoms with E-state index in [-0.39, 0.29) is 12.4 Å². The van der Waals surface area contributed by atoms with E-state index in [9.17, 15) is 0 Å². The Kier molecular flexibility index (Phi) is 4.40. The van der Waals surface area contributed by atoms with Crippen LogP contribution < -0.4 is 10.2 Å². The van der Waals surface area contributed by atoms with E-state index in [2.05, 4.69) is 63.6 Å². The topological polar surface area (TPSA) is 33.1 Å². The SMILES string of the molecule is CSc1nn(-c2ccccc2)c2cc(N3CC4CC3CN4)ccc12.Cl. The number of anilines is 1. The zero-order valence-corrected chi connectivity index (χ0v) is 15.7. The van der Waals surface area contributed by atoms with E-state index in [1.54, 1.807) is 11.8 Å². The lowest BCUT2D eigenvalue weighted by atomic mass is 10.2. The van der Waals surface area contributed by atoms with Crippen LogP contribution in [0.1, 0.15) is 6.42 Å². The third kappa shape index (κ3) is 2.71. The first-order chi connectivity index (χ1) is 11.8. The van der Waals surface area contributed by atoms with Crippen molar-refractivity contribution in [3.8, 4) is 5.69 Å². The van der Waals surface area contributed by atoms with E-state index in [0.29, 0.717) is 12.1 Å². The van der Waals surface area contributed by atoms with E-state index in [0.717, 1.165) is 23.8 Å². The van der Waals surface area contributed by atoms with Gasteiger partial charge in [-0.05, 0) is 43.0 Å². The van der Waals surface area contributed by atoms with E-state index in [4.69, 9.17) is 5.10 Å². The molecular weight excluding hydrogens is 352 g/mol. The molecule has 1 aromatic heterocycles. The Morgan fingerprint density at radius 1 is 1.12 bits per heavy atom. The minimum atomic E-state index is 0. The highest BCUT2D eigenvalue weighted by molar-refractivity contribution is 7.98. The van der Waals surface area contributed by atoms with E-state index >= 15 is 0 Å². The molecule has 6 heteroatoms. The molecule has 5 rings (SSSR count). The van der Waals surface area contributed by atoms with E-state index < -0.39 is 0 Å². The predicted octanol–water partition coefficient (Wildman–Crippen LogP) is 3.72. The highest BCUT2D eigenvalue weighted by Crippen LogP contribution is 2.34. The van der Waals surface area contributed by atoms with Crippen LogP contribution in [0.25, 0.3) is 16.6 Å². The lowest BCUT2D eigenvalue weighted by Crippen LogP contribution is -2.43. The number of hydrogen-bond acceptors (Lipinski definition) is 4. The van der Waals surface area contributed by atoms with Crippen LogP contribution in [0.3, 0.4) is 0 Å². The molecule has 0 aliphatic carbocycles. The zero-order chi connectivity index (χ0) is 16.1. The molecule has 4 nitrogen and oxygen atoms in total. The monoisotopic (exact) mass is 372 g/mol. The molecule has 2 saturated heterocycles. The number of halogens is 1. The average Bonchev–Trinajstić information content (AvgIpc) is 3.35. The van der Waals surface area contributed by atoms with Crippen LogP contribution in [0.15, 0.2) is 53.6 Å². The maximum atomic E-state index is 4.84. The molecule has 2 fully saturated rings. The summed E-state index contributed by atoms with van der Waals surface area (Å²) in [5, 5.41) is 10.7. The highest BCUT2D eigenvalue weighted by atomic mass is 35.5. The van der Waals surface area contributed by atoms with Crippen molar-refractivity contribution in [3.63, 3.8) is 0 Å². The Morgan fingerprint density at radius 2 is 1.96 bits per heavy atom. The van der Waals surface area contributed by atoms with Gasteiger partial charge in [0.2, 0.25) is 0 Å². The normalized spacial score (nSPS) is 21.7. The molecule has 2 bridgehead atoms. The number of para-hydroxylation sites is 1. The predicted molar refractivity (Wildman–Crippen MR) is 108 cm³/mol. The fourth-order valence-corrected chi connectivity index (χ4v) is 4.60. The number of benzene rings is 2. The van der Waals surface area contributed by atoms with Crippen molar-refractivity contribution >= 4 is 40.8 Å². The standard InChI is InChI=1S/C19H20N4S.ClH/c1-24-19-17-8-7-15(22-12-13-9-16(22)11-20-13)10-18(17)23(21-19)14-5-3-2-4-6-14;/h2-8,10,13,16,20H,9,11-12H2,1H3;1H. The number of hydrogen-bond donors (Lipinski definition) is 1. The minimum absolute atomic E-state index is 0. The summed E-state index contributed by atoms with van der Waals surface area (Å²) in [6.45, 7) is 2.22. The van der Waals surface area contributed by atoms with Crippen molar-refractivity contribution in [2.45, 2.75) is 23.5 Å². The molecule has 3 heterocycles. The van der Waals surface area contributed by atoms with Crippen LogP contribution in [0, 0.1) is 0 Å². The Hall–Kier alpha value is -1.69. The number of thioether (sulfide) groups is 1. The van der Waals surface area contributed by atoms with Gasteiger partial charge in [0, 0.05) is 36.2 Å². The molecule has 0 radical (unpaired) electrons. The van der Waals surface area contributed by atoms with Crippen molar-refractivity contribution in [3.05, 3.63) is 48.5 Å². The van der Waals surface area contributed by atoms with Crippen molar-refractivity contribution in [2.75, 3.05) is 24.2 Å². The molecular formula is C19H21ClN4S. The summed E-state index contributed by atoms with van der Waals surface area (Å²) in [7, 11) is 0. The number of nitrogens with one attached hydrogen (secondary N) is 1. The Morgan fingerprint density at radius 3 is 2.64 bits per heavy atom. The molecule has 2 atom stereocenters. The van der Waals surface area contributed by atoms with Crippen LogP contribution in [0.4, 0.5) is 5.69 Å². The van der Waals surface area contributed by atoms with Gasteiger partial charge in [0.25, 0.3) is 0 Å². The highest BCUT2D eigenvalue weighted by Gasteiger charge is 2.37. The summed E-state index contributed by atoms with van der Waals surface area (Å²) in [5.74, 6) is 0. The molecule has 0 amide bonds. The summed E-state index contributed by atoms with van der Waals surface area (Å²) in [6.07, 6.45) is 3.36. The molecule has 25 heavy (non-hydrogen) atoms. The first-order valence-electron chi connectivity index (χ1n) is 8.46. The first-order valence-corrected chi connectivity index (χ1v) is 9.68. The van der Waals surface area contributed by atoms with Gasteiger partial charge in [0.05, 0.1) is 11.2 Å². The number of rotatable bonds is 3. The fourth-order valence-electron chi connectivity index (χ4n) is 4.05. The molecule has 2 aliphatic heterocycles. The lowest BCUT2D eigenvalue weighted by molar-refractivity contribution is 0.580. The molecule has 1 N–H and O–H groups in total. The maximum Gasteiger partial charge on any atom is 0.126 e. The van der Waals surface area contributed by atoms with Gasteiger partial charge in [-0.25, -0.2) is 4.68 Å². The third-order valence-electron chi connectivity index (χ3n) is 5.21. The molecule has 2 unspecified atom stereocenters. The number of nitrogens with zero attached hydrogens (tertiary/aromatic N) is 3. The molecule has 0 spiro atoms. The summed E-state index contributed by atoms with van der Waals surface area (Å²) in [6, 6.07) is 18.5. The average molecular weight is 373 g/mol. The Bertz CT molecular complexity index is 895. The molecule has 2 aliphatic rings. The molecule has 3 aromatic rings. The van der Waals surface area contributed by atoms with Gasteiger partial charge < -0.3 is 10.2 Å². The summed E-state index contributed by atoms with van der Waals surface area (Å²) in [4.78, 5) is 2.56. The fraction of sp³-hybridized carbons (Fsp3) is 0.316. The van der Waals surface area contributed by atoms with Gasteiger partial charge in [-0.15, -0.1) is 24.2 Å². The van der Waals surface area contributed by atoms with Crippen molar-refractivity contribution < 1.29 is 0 Å². The summed E-state index contributed by atoms with van der Waals surface area (Å²) < 4.78 is 2.08. The van der Waals surface area contributed by atoms with Crippen LogP contribution in [0.5, 0.6) is 0 Å². The van der Waals surface area contributed by atoms with Gasteiger partial charge >= 0.3 is 0 Å². The van der Waals surface area contributed by atoms with Gasteiger partial charge in [0.1, 0.15) is 5.03 Å². The first kappa shape index (κ1) is 16.8. The lowest BCUT2D eigenvalue weighted by Gasteiger charge is -2.29. The maximum absolute atomic E-state index is 4.84. The second-order valence-corrected chi connectivity index (χ2v) is 7.40. The zero-order valence-electron chi connectivity index (χ0n) is 14.1. The Balaban J connectivity index is 0.00000157. The van der Waals surface area contributed by atoms with Gasteiger partial charge in [0.15, 0.2) is 0 Å². The van der Waals surface area contributed by atoms with Crippen LogP contribution in [-0.2, 0) is 0 Å². The number of aromatic nitrogens is 2. The summed E-state index contributed by atoms with van der Waals surface area (Å²) in [5.41, 5.74) is 3.63. The van der Waals surface area contributed by atoms with Crippen molar-refractivity contribution in [1.82, 2.24) is 15.1 Å². The van der Waals surface area contributed by atoms with Crippen molar-refractivity contribution in [2.24, 2.45) is 0 Å². The molecule has 130 valence electrons. The third-order valence-corrected chi connectivity index (χ3v) is 5.90. The van der Waals surface area contributed by atoms with Crippen molar-refractivity contribution in [1.29, 1.82) is 0 Å². The van der Waals surface area contributed by atoms with E-state index in [1.165, 1.54) is 23.0 Å². The second kappa shape index (κ2) is 6.56. The van der Waals surface area contributed by atoms with Crippen LogP contribution in [0.2, 0.25) is 0 Å². The second-order valence-electron chi connectivity index (χ2n) is 6.61. The summed E-state index contributed by atoms with van der Waals surface area (Å²) >= 11 is 1.71. The van der Waals surface area contributed by atoms with Gasteiger partial charge in [-0.3, -0.25) is 0 Å². The quantitative estimate of drug-likeness (QED) is 0.710. The minimum Gasteiger partial charge on any atom is -0.366 e. The Labute approximate surface area is 158 Å². The number of piperazine rings is 1. The molecule has 0 saturated carbocycles. The van der Waals surface area contributed by atoms with Gasteiger partial charge in [-0.2, -0.15) is 5.10 Å². The van der Waals surface area contributed by atoms with E-state index in [1.807, 2.05) is 6.07 Å². The van der Waals surface area contributed by atoms with Gasteiger partial charge in [-0.1, -0.05) is 18.2 Å². The van der Waals surface area contributed by atoms with Crippen LogP contribution in [-0.4, -0.2) is 41.2 Å². The van der Waals surface area contributed by atoms with Crippen LogP contribution >= 0.6 is 24.2 Å². The number of fused-ring (bicyclic) bond motifs is 3. The largest absolute Gasteiger partial charge is 0.366 e.